The van der Waals surface area contributed by atoms with Crippen LogP contribution in [0, 0.1) is 6.92 Å². The van der Waals surface area contributed by atoms with E-state index in [0.29, 0.717) is 24.3 Å². The average Bonchev–Trinajstić information content (AvgIpc) is 3.13. The summed E-state index contributed by atoms with van der Waals surface area (Å²) in [5.74, 6) is 0.483. The molecule has 33 heavy (non-hydrogen) atoms. The maximum absolute atomic E-state index is 13.0. The van der Waals surface area contributed by atoms with Crippen LogP contribution in [0.5, 0.6) is 5.75 Å². The highest BCUT2D eigenvalue weighted by Crippen LogP contribution is 2.29. The largest absolute Gasteiger partial charge is 0.497 e. The lowest BCUT2D eigenvalue weighted by Crippen LogP contribution is -2.42. The van der Waals surface area contributed by atoms with Crippen LogP contribution in [0.2, 0.25) is 0 Å². The molecule has 2 aromatic carbocycles. The van der Waals surface area contributed by atoms with E-state index in [1.165, 1.54) is 0 Å². The lowest BCUT2D eigenvalue weighted by atomic mass is 10.0. The number of methoxy groups -OCH3 is 1. The van der Waals surface area contributed by atoms with Gasteiger partial charge in [-0.3, -0.25) is 19.9 Å². The third kappa shape index (κ3) is 4.69. The number of pyridine rings is 1. The molecule has 1 atom stereocenters. The summed E-state index contributed by atoms with van der Waals surface area (Å²) >= 11 is 0. The molecule has 0 saturated heterocycles. The van der Waals surface area contributed by atoms with Gasteiger partial charge < -0.3 is 15.0 Å². The Morgan fingerprint density at radius 2 is 2.00 bits per heavy atom. The molecule has 8 heteroatoms. The first-order valence-corrected chi connectivity index (χ1v) is 10.5. The third-order valence-electron chi connectivity index (χ3n) is 5.69. The molecule has 2 N–H and O–H groups in total. The van der Waals surface area contributed by atoms with Gasteiger partial charge in [-0.2, -0.15) is 0 Å². The van der Waals surface area contributed by atoms with E-state index in [9.17, 15) is 14.4 Å². The number of aromatic nitrogens is 1. The number of rotatable bonds is 7. The van der Waals surface area contributed by atoms with Crippen molar-refractivity contribution in [2.24, 2.45) is 0 Å². The fourth-order valence-electron chi connectivity index (χ4n) is 3.98. The Hall–Kier alpha value is -4.20. The molecule has 0 radical (unpaired) electrons. The molecule has 168 valence electrons. The number of benzene rings is 2. The van der Waals surface area contributed by atoms with Gasteiger partial charge in [0.05, 0.1) is 18.8 Å². The Morgan fingerprint density at radius 1 is 1.21 bits per heavy atom. The summed E-state index contributed by atoms with van der Waals surface area (Å²) in [6.07, 6.45) is 2.07. The number of fused-ring (bicyclic) bond motifs is 1. The molecule has 0 bridgehead atoms. The average molecular weight is 444 g/mol. The molecule has 3 aromatic rings. The zero-order valence-corrected chi connectivity index (χ0v) is 18.4. The van der Waals surface area contributed by atoms with Crippen LogP contribution in [0.15, 0.2) is 60.8 Å². The number of aryl methyl sites for hydroxylation is 1. The molecule has 0 unspecified atom stereocenters. The van der Waals surface area contributed by atoms with E-state index in [-0.39, 0.29) is 12.5 Å². The third-order valence-corrected chi connectivity index (χ3v) is 5.69. The normalized spacial score (nSPS) is 13.3. The van der Waals surface area contributed by atoms with Crippen molar-refractivity contribution in [1.29, 1.82) is 0 Å². The topological polar surface area (TPSA) is 101 Å². The minimum atomic E-state index is -0.634. The maximum Gasteiger partial charge on any atom is 0.321 e. The molecular weight excluding hydrogens is 420 g/mol. The number of amides is 4. The van der Waals surface area contributed by atoms with E-state index in [1.54, 1.807) is 24.3 Å². The van der Waals surface area contributed by atoms with Gasteiger partial charge in [0.1, 0.15) is 5.75 Å². The van der Waals surface area contributed by atoms with Crippen LogP contribution in [0.4, 0.5) is 4.79 Å². The van der Waals surface area contributed by atoms with Crippen molar-refractivity contribution >= 4 is 18.3 Å². The molecule has 0 fully saturated rings. The quantitative estimate of drug-likeness (QED) is 0.545. The van der Waals surface area contributed by atoms with Gasteiger partial charge in [0, 0.05) is 30.4 Å². The van der Waals surface area contributed by atoms with E-state index < -0.39 is 12.1 Å². The van der Waals surface area contributed by atoms with E-state index >= 15 is 0 Å². The Balaban J connectivity index is 1.58. The Kier molecular flexibility index (Phi) is 6.35. The highest BCUT2D eigenvalue weighted by atomic mass is 16.5. The zero-order valence-electron chi connectivity index (χ0n) is 18.4. The molecule has 4 amide bonds. The highest BCUT2D eigenvalue weighted by molar-refractivity contribution is 5.98. The molecule has 0 aliphatic carbocycles. The van der Waals surface area contributed by atoms with Crippen molar-refractivity contribution in [2.45, 2.75) is 19.5 Å². The summed E-state index contributed by atoms with van der Waals surface area (Å²) in [5.41, 5.74) is 5.18. The van der Waals surface area contributed by atoms with Crippen LogP contribution >= 0.6 is 0 Å². The molecule has 2 heterocycles. The predicted octanol–water partition coefficient (Wildman–Crippen LogP) is 3.22. The van der Waals surface area contributed by atoms with Gasteiger partial charge in [-0.25, -0.2) is 4.79 Å². The Bertz CT molecular complexity index is 1190. The van der Waals surface area contributed by atoms with Gasteiger partial charge in [-0.1, -0.05) is 36.4 Å². The van der Waals surface area contributed by atoms with Crippen LogP contribution < -0.4 is 15.4 Å². The number of nitrogens with one attached hydrogen (secondary N) is 2. The van der Waals surface area contributed by atoms with Gasteiger partial charge in [-0.05, 0) is 41.8 Å². The number of ether oxygens (including phenoxy) is 1. The number of carbonyl (C=O) groups is 3. The second kappa shape index (κ2) is 9.52. The molecule has 8 nitrogen and oxygen atoms in total. The van der Waals surface area contributed by atoms with Crippen LogP contribution in [0.1, 0.15) is 33.1 Å². The lowest BCUT2D eigenvalue weighted by Gasteiger charge is -2.25. The fraction of sp³-hybridized carbons (Fsp3) is 0.200. The van der Waals surface area contributed by atoms with E-state index in [0.717, 1.165) is 27.9 Å². The molecular formula is C25H24N4O4. The minimum Gasteiger partial charge on any atom is -0.497 e. The summed E-state index contributed by atoms with van der Waals surface area (Å²) in [6.45, 7) is 2.66. The summed E-state index contributed by atoms with van der Waals surface area (Å²) in [6, 6.07) is 15.8. The highest BCUT2D eigenvalue weighted by Gasteiger charge is 2.30. The first-order valence-electron chi connectivity index (χ1n) is 10.5. The first kappa shape index (κ1) is 22.0. The smallest absolute Gasteiger partial charge is 0.321 e. The van der Waals surface area contributed by atoms with Crippen LogP contribution in [-0.2, 0) is 11.3 Å². The second-order valence-corrected chi connectivity index (χ2v) is 7.79. The van der Waals surface area contributed by atoms with E-state index in [2.05, 4.69) is 15.6 Å². The van der Waals surface area contributed by atoms with Crippen molar-refractivity contribution in [2.75, 3.05) is 13.7 Å². The monoisotopic (exact) mass is 444 g/mol. The van der Waals surface area contributed by atoms with Crippen LogP contribution in [0.25, 0.3) is 11.3 Å². The first-order chi connectivity index (χ1) is 16.0. The van der Waals surface area contributed by atoms with Crippen molar-refractivity contribution in [3.05, 3.63) is 83.0 Å². The van der Waals surface area contributed by atoms with Crippen LogP contribution in [0.3, 0.4) is 0 Å². The predicted molar refractivity (Wildman–Crippen MR) is 123 cm³/mol. The Labute approximate surface area is 191 Å². The Morgan fingerprint density at radius 3 is 2.70 bits per heavy atom. The van der Waals surface area contributed by atoms with E-state index in [1.807, 2.05) is 55.5 Å². The summed E-state index contributed by atoms with van der Waals surface area (Å²) < 4.78 is 5.23. The molecule has 1 aliphatic rings. The van der Waals surface area contributed by atoms with Gasteiger partial charge in [-0.15, -0.1) is 0 Å². The molecule has 1 aliphatic heterocycles. The van der Waals surface area contributed by atoms with E-state index in [4.69, 9.17) is 4.74 Å². The maximum atomic E-state index is 13.0. The van der Waals surface area contributed by atoms with Gasteiger partial charge in [0.25, 0.3) is 5.91 Å². The van der Waals surface area contributed by atoms with Crippen LogP contribution in [-0.4, -0.2) is 41.9 Å². The number of hydrogen-bond acceptors (Lipinski definition) is 5. The number of urea groups is 1. The fourth-order valence-corrected chi connectivity index (χ4v) is 3.98. The second-order valence-electron chi connectivity index (χ2n) is 7.79. The number of carbonyl (C=O) groups excluding carboxylic acids is 3. The van der Waals surface area contributed by atoms with Crippen molar-refractivity contribution in [3.63, 3.8) is 0 Å². The molecule has 0 saturated carbocycles. The summed E-state index contributed by atoms with van der Waals surface area (Å²) in [7, 11) is 1.56. The standard InChI is InChI=1S/C25H24N4O4/c1-16-4-3-11-26-23(16)18-7-5-17(6-8-18)22(28-25(32)27-15-30)14-29-13-19-9-10-20(33-2)12-21(19)24(29)31/h3-12,15,22H,13-14H2,1-2H3,(H2,27,28,30,32)/t22-/m0/s1. The molecule has 1 aromatic heterocycles. The molecule has 0 spiro atoms. The van der Waals surface area contributed by atoms with Crippen molar-refractivity contribution in [3.8, 4) is 17.0 Å². The lowest BCUT2D eigenvalue weighted by molar-refractivity contribution is -0.108. The van der Waals surface area contributed by atoms with Crippen molar-refractivity contribution in [1.82, 2.24) is 20.5 Å². The SMILES string of the molecule is COc1ccc2c(c1)C(=O)N(C[C@H](NC(=O)NC=O)c1ccc(-c3ncccc3C)cc1)C2. The number of nitrogens with zero attached hydrogens (tertiary/aromatic N) is 2. The van der Waals surface area contributed by atoms with Crippen molar-refractivity contribution < 1.29 is 19.1 Å². The summed E-state index contributed by atoms with van der Waals surface area (Å²) in [4.78, 5) is 42.0. The zero-order chi connectivity index (χ0) is 23.4. The number of hydrogen-bond donors (Lipinski definition) is 2. The van der Waals surface area contributed by atoms with Gasteiger partial charge >= 0.3 is 6.03 Å². The van der Waals surface area contributed by atoms with Gasteiger partial charge in [0.2, 0.25) is 6.41 Å². The number of imide groups is 1. The van der Waals surface area contributed by atoms with Gasteiger partial charge in [0.15, 0.2) is 0 Å². The summed E-state index contributed by atoms with van der Waals surface area (Å²) in [5, 5.41) is 4.88. The minimum absolute atomic E-state index is 0.132. The molecule has 4 rings (SSSR count).